The van der Waals surface area contributed by atoms with E-state index in [0.29, 0.717) is 43.8 Å². The summed E-state index contributed by atoms with van der Waals surface area (Å²) in [5.74, 6) is 0.498. The Bertz CT molecular complexity index is 602. The van der Waals surface area contributed by atoms with Crippen LogP contribution in [-0.4, -0.2) is 44.3 Å². The molecule has 1 aliphatic carbocycles. The van der Waals surface area contributed by atoms with Crippen LogP contribution < -0.4 is 15.5 Å². The quantitative estimate of drug-likeness (QED) is 0.779. The molecule has 2 atom stereocenters. The lowest BCUT2D eigenvalue weighted by atomic mass is 9.88. The number of carbonyl (C=O) groups excluding carboxylic acids is 2. The number of hydrogen-bond acceptors (Lipinski definition) is 3. The monoisotopic (exact) mass is 345 g/mol. The second-order valence-electron chi connectivity index (χ2n) is 6.86. The number of urea groups is 1. The van der Waals surface area contributed by atoms with Gasteiger partial charge in [-0.2, -0.15) is 0 Å². The lowest BCUT2D eigenvalue weighted by Crippen LogP contribution is -2.32. The van der Waals surface area contributed by atoms with E-state index in [9.17, 15) is 9.59 Å². The van der Waals surface area contributed by atoms with E-state index in [0.717, 1.165) is 12.1 Å². The van der Waals surface area contributed by atoms with E-state index in [1.165, 1.54) is 19.3 Å². The summed E-state index contributed by atoms with van der Waals surface area (Å²) in [6.07, 6.45) is 5.23. The fourth-order valence-electron chi connectivity index (χ4n) is 3.52. The van der Waals surface area contributed by atoms with Gasteiger partial charge in [0.05, 0.1) is 12.7 Å². The van der Waals surface area contributed by atoms with Crippen molar-refractivity contribution in [2.45, 2.75) is 38.7 Å². The maximum absolute atomic E-state index is 12.2. The van der Waals surface area contributed by atoms with E-state index < -0.39 is 0 Å². The van der Waals surface area contributed by atoms with Crippen LogP contribution in [0, 0.1) is 5.92 Å². The Labute approximate surface area is 148 Å². The van der Waals surface area contributed by atoms with Gasteiger partial charge in [0.1, 0.15) is 0 Å². The predicted molar refractivity (Wildman–Crippen MR) is 96.9 cm³/mol. The van der Waals surface area contributed by atoms with E-state index in [1.807, 2.05) is 0 Å². The molecule has 1 heterocycles. The average molecular weight is 345 g/mol. The number of benzene rings is 1. The molecule has 3 rings (SSSR count). The maximum atomic E-state index is 12.2. The van der Waals surface area contributed by atoms with E-state index in [-0.39, 0.29) is 11.9 Å². The van der Waals surface area contributed by atoms with Gasteiger partial charge in [-0.05, 0) is 43.0 Å². The Morgan fingerprint density at radius 2 is 2.04 bits per heavy atom. The van der Waals surface area contributed by atoms with Crippen molar-refractivity contribution in [1.29, 1.82) is 0 Å². The number of carbonyl (C=O) groups is 2. The molecule has 0 aromatic heterocycles. The Hall–Kier alpha value is -2.08. The van der Waals surface area contributed by atoms with Gasteiger partial charge in [0, 0.05) is 30.9 Å². The van der Waals surface area contributed by atoms with Crippen molar-refractivity contribution in [1.82, 2.24) is 10.6 Å². The largest absolute Gasteiger partial charge is 0.376 e. The SMILES string of the molecule is C[C@H]1CCCC[C@H]1OCCNC(=O)c1ccc(N2CCNC2=O)cc1. The minimum absolute atomic E-state index is 0.0914. The summed E-state index contributed by atoms with van der Waals surface area (Å²) in [4.78, 5) is 25.5. The molecule has 2 fully saturated rings. The highest BCUT2D eigenvalue weighted by atomic mass is 16.5. The summed E-state index contributed by atoms with van der Waals surface area (Å²) in [6.45, 7) is 4.61. The van der Waals surface area contributed by atoms with Crippen molar-refractivity contribution in [2.75, 3.05) is 31.1 Å². The number of anilines is 1. The Balaban J connectivity index is 1.43. The molecule has 6 nitrogen and oxygen atoms in total. The number of amides is 3. The molecule has 25 heavy (non-hydrogen) atoms. The molecule has 1 saturated heterocycles. The zero-order chi connectivity index (χ0) is 17.6. The molecular weight excluding hydrogens is 318 g/mol. The average Bonchev–Trinajstić information content (AvgIpc) is 3.06. The summed E-state index contributed by atoms with van der Waals surface area (Å²) in [6, 6.07) is 7.02. The van der Waals surface area contributed by atoms with Crippen LogP contribution in [0.25, 0.3) is 0 Å². The molecule has 0 unspecified atom stereocenters. The van der Waals surface area contributed by atoms with Gasteiger partial charge in [-0.1, -0.05) is 19.8 Å². The number of nitrogens with one attached hydrogen (secondary N) is 2. The first kappa shape index (κ1) is 17.7. The number of ether oxygens (including phenoxy) is 1. The first-order chi connectivity index (χ1) is 12.1. The van der Waals surface area contributed by atoms with Crippen molar-refractivity contribution >= 4 is 17.6 Å². The highest BCUT2D eigenvalue weighted by molar-refractivity contribution is 5.96. The molecular formula is C19H27N3O3. The third-order valence-corrected chi connectivity index (χ3v) is 5.05. The fourth-order valence-corrected chi connectivity index (χ4v) is 3.52. The van der Waals surface area contributed by atoms with Crippen molar-refractivity contribution in [3.05, 3.63) is 29.8 Å². The topological polar surface area (TPSA) is 70.7 Å². The molecule has 6 heteroatoms. The van der Waals surface area contributed by atoms with Gasteiger partial charge >= 0.3 is 6.03 Å². The van der Waals surface area contributed by atoms with E-state index in [4.69, 9.17) is 4.74 Å². The van der Waals surface area contributed by atoms with Crippen LogP contribution in [0.2, 0.25) is 0 Å². The second kappa shape index (κ2) is 8.34. The fraction of sp³-hybridized carbons (Fsp3) is 0.579. The van der Waals surface area contributed by atoms with Gasteiger partial charge in [-0.3, -0.25) is 9.69 Å². The van der Waals surface area contributed by atoms with Gasteiger partial charge in [0.25, 0.3) is 5.91 Å². The second-order valence-corrected chi connectivity index (χ2v) is 6.86. The van der Waals surface area contributed by atoms with E-state index in [1.54, 1.807) is 29.2 Å². The zero-order valence-electron chi connectivity index (χ0n) is 14.8. The highest BCUT2D eigenvalue weighted by Gasteiger charge is 2.22. The summed E-state index contributed by atoms with van der Waals surface area (Å²) in [5, 5.41) is 5.66. The minimum Gasteiger partial charge on any atom is -0.376 e. The molecule has 0 bridgehead atoms. The van der Waals surface area contributed by atoms with E-state index >= 15 is 0 Å². The first-order valence-electron chi connectivity index (χ1n) is 9.20. The van der Waals surface area contributed by atoms with E-state index in [2.05, 4.69) is 17.6 Å². The minimum atomic E-state index is -0.113. The first-order valence-corrected chi connectivity index (χ1v) is 9.20. The molecule has 1 aromatic rings. The van der Waals surface area contributed by atoms with Gasteiger partial charge in [0.2, 0.25) is 0 Å². The smallest absolute Gasteiger partial charge is 0.321 e. The Kier molecular flexibility index (Phi) is 5.91. The van der Waals surface area contributed by atoms with Crippen LogP contribution >= 0.6 is 0 Å². The van der Waals surface area contributed by atoms with Crippen LogP contribution in [0.3, 0.4) is 0 Å². The maximum Gasteiger partial charge on any atom is 0.321 e. The van der Waals surface area contributed by atoms with Gasteiger partial charge in [-0.25, -0.2) is 4.79 Å². The van der Waals surface area contributed by atoms with Gasteiger partial charge < -0.3 is 15.4 Å². The number of hydrogen-bond donors (Lipinski definition) is 2. The normalized spacial score (nSPS) is 23.4. The van der Waals surface area contributed by atoms with Crippen molar-refractivity contribution in [2.24, 2.45) is 5.92 Å². The Morgan fingerprint density at radius 1 is 1.28 bits per heavy atom. The molecule has 2 aliphatic rings. The molecule has 1 saturated carbocycles. The van der Waals surface area contributed by atoms with Crippen LogP contribution in [0.15, 0.2) is 24.3 Å². The zero-order valence-corrected chi connectivity index (χ0v) is 14.8. The standard InChI is InChI=1S/C19H27N3O3/c1-14-4-2-3-5-17(14)25-13-11-20-18(23)15-6-8-16(9-7-15)22-12-10-21-19(22)24/h6-9,14,17H,2-5,10-13H2,1H3,(H,20,23)(H,21,24)/t14-,17+/m0/s1. The lowest BCUT2D eigenvalue weighted by Gasteiger charge is -2.28. The molecule has 0 spiro atoms. The molecule has 1 aromatic carbocycles. The van der Waals surface area contributed by atoms with Gasteiger partial charge in [0.15, 0.2) is 0 Å². The van der Waals surface area contributed by atoms with Crippen LogP contribution in [0.5, 0.6) is 0 Å². The molecule has 1 aliphatic heterocycles. The summed E-state index contributed by atoms with van der Waals surface area (Å²) >= 11 is 0. The van der Waals surface area contributed by atoms with Crippen molar-refractivity contribution in [3.8, 4) is 0 Å². The lowest BCUT2D eigenvalue weighted by molar-refractivity contribution is -0.00293. The molecule has 2 N–H and O–H groups in total. The third kappa shape index (κ3) is 4.51. The van der Waals surface area contributed by atoms with Crippen molar-refractivity contribution < 1.29 is 14.3 Å². The number of nitrogens with zero attached hydrogens (tertiary/aromatic N) is 1. The summed E-state index contributed by atoms with van der Waals surface area (Å²) < 4.78 is 5.91. The highest BCUT2D eigenvalue weighted by Crippen LogP contribution is 2.26. The molecule has 0 radical (unpaired) electrons. The van der Waals surface area contributed by atoms with Crippen molar-refractivity contribution in [3.63, 3.8) is 0 Å². The van der Waals surface area contributed by atoms with Crippen LogP contribution in [0.1, 0.15) is 43.0 Å². The predicted octanol–water partition coefficient (Wildman–Crippen LogP) is 2.54. The summed E-state index contributed by atoms with van der Waals surface area (Å²) in [5.41, 5.74) is 1.40. The van der Waals surface area contributed by atoms with Crippen LogP contribution in [0.4, 0.5) is 10.5 Å². The molecule has 136 valence electrons. The number of rotatable bonds is 6. The van der Waals surface area contributed by atoms with Crippen LogP contribution in [-0.2, 0) is 4.74 Å². The third-order valence-electron chi connectivity index (χ3n) is 5.05. The Morgan fingerprint density at radius 3 is 2.72 bits per heavy atom. The summed E-state index contributed by atoms with van der Waals surface area (Å²) in [7, 11) is 0. The van der Waals surface area contributed by atoms with Gasteiger partial charge in [-0.15, -0.1) is 0 Å². The molecule has 3 amide bonds.